The third-order valence-corrected chi connectivity index (χ3v) is 4.87. The molecule has 0 aliphatic heterocycles. The van der Waals surface area contributed by atoms with Crippen molar-refractivity contribution in [2.45, 2.75) is 91.3 Å². The van der Waals surface area contributed by atoms with Gasteiger partial charge in [0.05, 0.1) is 13.2 Å². The van der Waals surface area contributed by atoms with Crippen LogP contribution in [0.1, 0.15) is 83.3 Å². The van der Waals surface area contributed by atoms with Crippen LogP contribution in [0.25, 0.3) is 0 Å². The van der Waals surface area contributed by atoms with Gasteiger partial charge >= 0.3 is 5.97 Å². The first-order valence-electron chi connectivity index (χ1n) is 11.3. The number of hydrogen-bond acceptors (Lipinski definition) is 5. The van der Waals surface area contributed by atoms with E-state index in [1.165, 1.54) is 31.2 Å². The molecule has 29 heavy (non-hydrogen) atoms. The van der Waals surface area contributed by atoms with Gasteiger partial charge in [-0.25, -0.2) is 0 Å². The molecule has 0 amide bonds. The highest BCUT2D eigenvalue weighted by molar-refractivity contribution is 5.69. The Morgan fingerprint density at radius 2 is 1.79 bits per heavy atom. The lowest BCUT2D eigenvalue weighted by atomic mass is 9.96. The van der Waals surface area contributed by atoms with Crippen LogP contribution >= 0.6 is 0 Å². The summed E-state index contributed by atoms with van der Waals surface area (Å²) in [6, 6.07) is 6.17. The van der Waals surface area contributed by atoms with Gasteiger partial charge in [-0.05, 0) is 56.7 Å². The molecule has 0 aromatic heterocycles. The molecule has 1 aromatic rings. The second kappa shape index (κ2) is 16.2. The van der Waals surface area contributed by atoms with E-state index in [0.29, 0.717) is 45.5 Å². The zero-order valence-corrected chi connectivity index (χ0v) is 18.6. The van der Waals surface area contributed by atoms with Crippen LogP contribution in [-0.2, 0) is 27.1 Å². The molecule has 1 aromatic carbocycles. The predicted molar refractivity (Wildman–Crippen MR) is 116 cm³/mol. The molecule has 0 bridgehead atoms. The molecule has 0 saturated carbocycles. The number of hydrogen-bond donors (Lipinski definition) is 1. The Balaban J connectivity index is 2.70. The van der Waals surface area contributed by atoms with Crippen LogP contribution in [0.3, 0.4) is 0 Å². The number of ether oxygens (including phenoxy) is 3. The number of aliphatic hydroxyl groups excluding tert-OH is 1. The van der Waals surface area contributed by atoms with E-state index in [2.05, 4.69) is 13.0 Å². The molecule has 1 rings (SSSR count). The van der Waals surface area contributed by atoms with Crippen molar-refractivity contribution in [3.63, 3.8) is 0 Å². The van der Waals surface area contributed by atoms with Gasteiger partial charge in [-0.15, -0.1) is 0 Å². The Morgan fingerprint density at radius 3 is 2.52 bits per heavy atom. The van der Waals surface area contributed by atoms with E-state index < -0.39 is 6.29 Å². The van der Waals surface area contributed by atoms with Crippen molar-refractivity contribution in [2.75, 3.05) is 19.8 Å². The lowest BCUT2D eigenvalue weighted by Gasteiger charge is -2.17. The molecule has 0 aliphatic carbocycles. The van der Waals surface area contributed by atoms with Crippen molar-refractivity contribution >= 4 is 5.97 Å². The fourth-order valence-corrected chi connectivity index (χ4v) is 3.36. The van der Waals surface area contributed by atoms with Gasteiger partial charge in [0, 0.05) is 19.4 Å². The molecule has 1 atom stereocenters. The highest BCUT2D eigenvalue weighted by Crippen LogP contribution is 2.27. The first-order chi connectivity index (χ1) is 14.1. The minimum absolute atomic E-state index is 0.183. The topological polar surface area (TPSA) is 65.0 Å². The normalized spacial score (nSPS) is 12.0. The predicted octanol–water partition coefficient (Wildman–Crippen LogP) is 5.21. The summed E-state index contributed by atoms with van der Waals surface area (Å²) < 4.78 is 16.3. The van der Waals surface area contributed by atoms with Gasteiger partial charge in [0.25, 0.3) is 0 Å². The molecule has 0 spiro atoms. The van der Waals surface area contributed by atoms with Crippen LogP contribution in [0, 0.1) is 0 Å². The zero-order chi connectivity index (χ0) is 21.3. The van der Waals surface area contributed by atoms with Crippen LogP contribution < -0.4 is 4.74 Å². The van der Waals surface area contributed by atoms with Gasteiger partial charge in [0.2, 0.25) is 0 Å². The van der Waals surface area contributed by atoms with Gasteiger partial charge in [0.15, 0.2) is 6.29 Å². The third-order valence-electron chi connectivity index (χ3n) is 4.87. The van der Waals surface area contributed by atoms with Gasteiger partial charge in [-0.1, -0.05) is 44.7 Å². The number of rotatable bonds is 17. The highest BCUT2D eigenvalue weighted by atomic mass is 16.6. The molecule has 0 saturated heterocycles. The maximum Gasteiger partial charge on any atom is 0.305 e. The Kier molecular flexibility index (Phi) is 14.2. The smallest absolute Gasteiger partial charge is 0.305 e. The summed E-state index contributed by atoms with van der Waals surface area (Å²) in [4.78, 5) is 11.5. The Bertz CT molecular complexity index is 558. The SMILES string of the molecule is CCCCCCCc1cccc(OCCCC(=O)OCC)c1CCC(O)OCC. The maximum absolute atomic E-state index is 11.5. The van der Waals surface area contributed by atoms with Crippen molar-refractivity contribution in [1.29, 1.82) is 0 Å². The van der Waals surface area contributed by atoms with Gasteiger partial charge in [0.1, 0.15) is 5.75 Å². The van der Waals surface area contributed by atoms with E-state index in [-0.39, 0.29) is 5.97 Å². The third kappa shape index (κ3) is 11.2. The largest absolute Gasteiger partial charge is 0.493 e. The minimum atomic E-state index is -0.755. The molecule has 0 fully saturated rings. The summed E-state index contributed by atoms with van der Waals surface area (Å²) in [6.45, 7) is 7.30. The van der Waals surface area contributed by atoms with Crippen LogP contribution in [0.5, 0.6) is 5.75 Å². The van der Waals surface area contributed by atoms with Crippen molar-refractivity contribution in [3.05, 3.63) is 29.3 Å². The van der Waals surface area contributed by atoms with Crippen LogP contribution in [0.15, 0.2) is 18.2 Å². The summed E-state index contributed by atoms with van der Waals surface area (Å²) in [6.07, 6.45) is 8.71. The lowest BCUT2D eigenvalue weighted by Crippen LogP contribution is -2.14. The molecule has 0 radical (unpaired) electrons. The molecular formula is C24H40O5. The van der Waals surface area contributed by atoms with Crippen molar-refractivity contribution in [3.8, 4) is 5.75 Å². The zero-order valence-electron chi connectivity index (χ0n) is 18.6. The van der Waals surface area contributed by atoms with E-state index in [1.807, 2.05) is 26.0 Å². The Hall–Kier alpha value is -1.59. The summed E-state index contributed by atoms with van der Waals surface area (Å²) in [5.41, 5.74) is 2.44. The van der Waals surface area contributed by atoms with Gasteiger partial charge in [-0.2, -0.15) is 0 Å². The standard InChI is InChI=1S/C24H40O5/c1-4-7-8-9-10-13-20-14-11-15-22(21(20)17-18-24(26)28-6-3)29-19-12-16-23(25)27-5-2/h11,14-15,24,26H,4-10,12-13,16-19H2,1-3H3. The quantitative estimate of drug-likeness (QED) is 0.218. The average molecular weight is 409 g/mol. The minimum Gasteiger partial charge on any atom is -0.493 e. The number of carbonyl (C=O) groups excluding carboxylic acids is 1. The van der Waals surface area contributed by atoms with E-state index in [4.69, 9.17) is 14.2 Å². The van der Waals surface area contributed by atoms with Crippen LogP contribution in [0.4, 0.5) is 0 Å². The van der Waals surface area contributed by atoms with Crippen LogP contribution in [-0.4, -0.2) is 37.2 Å². The number of aliphatic hydroxyl groups is 1. The van der Waals surface area contributed by atoms with E-state index in [9.17, 15) is 9.90 Å². The van der Waals surface area contributed by atoms with Crippen molar-refractivity contribution in [2.24, 2.45) is 0 Å². The number of unbranched alkanes of at least 4 members (excludes halogenated alkanes) is 4. The molecule has 166 valence electrons. The molecule has 5 heteroatoms. The molecule has 5 nitrogen and oxygen atoms in total. The second-order valence-electron chi connectivity index (χ2n) is 7.26. The second-order valence-corrected chi connectivity index (χ2v) is 7.26. The fraction of sp³-hybridized carbons (Fsp3) is 0.708. The van der Waals surface area contributed by atoms with Crippen molar-refractivity contribution in [1.82, 2.24) is 0 Å². The summed E-state index contributed by atoms with van der Waals surface area (Å²) in [7, 11) is 0. The summed E-state index contributed by atoms with van der Waals surface area (Å²) >= 11 is 0. The monoisotopic (exact) mass is 408 g/mol. The number of carbonyl (C=O) groups is 1. The first-order valence-corrected chi connectivity index (χ1v) is 11.3. The van der Waals surface area contributed by atoms with Gasteiger partial charge in [-0.3, -0.25) is 4.79 Å². The molecule has 0 aliphatic rings. The Morgan fingerprint density at radius 1 is 1.00 bits per heavy atom. The lowest BCUT2D eigenvalue weighted by molar-refractivity contribution is -0.143. The van der Waals surface area contributed by atoms with E-state index >= 15 is 0 Å². The number of aryl methyl sites for hydroxylation is 1. The molecule has 1 unspecified atom stereocenters. The summed E-state index contributed by atoms with van der Waals surface area (Å²) in [5.74, 6) is 0.667. The number of benzene rings is 1. The fourth-order valence-electron chi connectivity index (χ4n) is 3.36. The molecule has 0 heterocycles. The number of esters is 1. The summed E-state index contributed by atoms with van der Waals surface area (Å²) in [5, 5.41) is 9.98. The maximum atomic E-state index is 11.5. The van der Waals surface area contributed by atoms with Gasteiger partial charge < -0.3 is 19.3 Å². The van der Waals surface area contributed by atoms with E-state index in [1.54, 1.807) is 0 Å². The molecular weight excluding hydrogens is 368 g/mol. The first kappa shape index (κ1) is 25.4. The molecule has 1 N–H and O–H groups in total. The van der Waals surface area contributed by atoms with Crippen molar-refractivity contribution < 1.29 is 24.1 Å². The highest BCUT2D eigenvalue weighted by Gasteiger charge is 2.13. The van der Waals surface area contributed by atoms with Crippen LogP contribution in [0.2, 0.25) is 0 Å². The average Bonchev–Trinajstić information content (AvgIpc) is 2.70. The Labute approximate surface area is 176 Å². The van der Waals surface area contributed by atoms with E-state index in [0.717, 1.165) is 24.2 Å².